The summed E-state index contributed by atoms with van der Waals surface area (Å²) in [4.78, 5) is 0. The van der Waals surface area contributed by atoms with Crippen molar-refractivity contribution in [1.82, 2.24) is 0 Å². The summed E-state index contributed by atoms with van der Waals surface area (Å²) in [5, 5.41) is -0.101. The molecule has 0 saturated heterocycles. The highest BCUT2D eigenvalue weighted by atomic mass is 32.7. The summed E-state index contributed by atoms with van der Waals surface area (Å²) in [6.07, 6.45) is 6.64. The molecule has 0 fully saturated rings. The van der Waals surface area contributed by atoms with Crippen molar-refractivity contribution < 1.29 is 9.09 Å². The zero-order valence-electron chi connectivity index (χ0n) is 10.8. The highest BCUT2D eigenvalue weighted by molar-refractivity contribution is 8.56. The van der Waals surface area contributed by atoms with Gasteiger partial charge in [-0.3, -0.25) is 4.57 Å². The van der Waals surface area contributed by atoms with E-state index in [0.717, 1.165) is 12.0 Å². The van der Waals surface area contributed by atoms with Crippen molar-refractivity contribution >= 4 is 18.0 Å². The van der Waals surface area contributed by atoms with Crippen molar-refractivity contribution in [2.24, 2.45) is 0 Å². The maximum absolute atomic E-state index is 12.8. The van der Waals surface area contributed by atoms with E-state index in [1.54, 1.807) is 0 Å². The van der Waals surface area contributed by atoms with Gasteiger partial charge in [0.25, 0.3) is 6.57 Å². The van der Waals surface area contributed by atoms with Gasteiger partial charge in [-0.2, -0.15) is 0 Å². The zero-order valence-corrected chi connectivity index (χ0v) is 12.5. The molecule has 0 heterocycles. The van der Waals surface area contributed by atoms with Crippen LogP contribution in [0.5, 0.6) is 0 Å². The van der Waals surface area contributed by atoms with E-state index in [-0.39, 0.29) is 5.25 Å². The first-order chi connectivity index (χ1) is 8.59. The van der Waals surface area contributed by atoms with Gasteiger partial charge >= 0.3 is 0 Å². The largest absolute Gasteiger partial charge is 0.321 e. The first-order valence-electron chi connectivity index (χ1n) is 6.01. The van der Waals surface area contributed by atoms with Gasteiger partial charge in [0.05, 0.1) is 18.0 Å². The number of rotatable bonds is 7. The van der Waals surface area contributed by atoms with Crippen molar-refractivity contribution in [3.8, 4) is 12.3 Å². The van der Waals surface area contributed by atoms with E-state index in [1.165, 1.54) is 11.4 Å². The lowest BCUT2D eigenvalue weighted by Gasteiger charge is -2.19. The molecule has 2 unspecified atom stereocenters. The van der Waals surface area contributed by atoms with Crippen LogP contribution in [0.2, 0.25) is 0 Å². The third-order valence-corrected chi connectivity index (χ3v) is 6.98. The Morgan fingerprint density at radius 1 is 1.44 bits per heavy atom. The van der Waals surface area contributed by atoms with E-state index in [9.17, 15) is 4.57 Å². The fourth-order valence-corrected chi connectivity index (χ4v) is 6.02. The maximum atomic E-state index is 12.8. The van der Waals surface area contributed by atoms with Crippen LogP contribution in [-0.4, -0.2) is 11.9 Å². The van der Waals surface area contributed by atoms with Crippen LogP contribution in [0, 0.1) is 12.3 Å². The van der Waals surface area contributed by atoms with E-state index >= 15 is 0 Å². The molecule has 1 rings (SSSR count). The molecule has 2 nitrogen and oxygen atoms in total. The molecule has 0 aliphatic carbocycles. The summed E-state index contributed by atoms with van der Waals surface area (Å²) >= 11 is 1.28. The van der Waals surface area contributed by atoms with Crippen LogP contribution in [0.4, 0.5) is 0 Å². The van der Waals surface area contributed by atoms with Gasteiger partial charge in [-0.15, -0.1) is 6.42 Å². The van der Waals surface area contributed by atoms with Crippen molar-refractivity contribution in [3.63, 3.8) is 0 Å². The Kier molecular flexibility index (Phi) is 6.57. The second kappa shape index (κ2) is 7.69. The highest BCUT2D eigenvalue weighted by Crippen LogP contribution is 2.63. The number of benzene rings is 1. The SMILES string of the molecule is C#CC(C)SP(=O)(Cc1ccccc1)OCCC. The molecule has 0 aliphatic rings. The normalized spacial score (nSPS) is 15.6. The lowest BCUT2D eigenvalue weighted by Crippen LogP contribution is -1.98. The Bertz CT molecular complexity index is 439. The van der Waals surface area contributed by atoms with Gasteiger partial charge in [0.15, 0.2) is 0 Å². The molecule has 0 radical (unpaired) electrons. The smallest absolute Gasteiger partial charge is 0.263 e. The fraction of sp³-hybridized carbons (Fsp3) is 0.429. The molecule has 2 atom stereocenters. The van der Waals surface area contributed by atoms with Gasteiger partial charge in [0, 0.05) is 0 Å². The quantitative estimate of drug-likeness (QED) is 0.541. The second-order valence-electron chi connectivity index (χ2n) is 4.00. The first kappa shape index (κ1) is 15.4. The Morgan fingerprint density at radius 2 is 2.11 bits per heavy atom. The first-order valence-corrected chi connectivity index (χ1v) is 9.31. The van der Waals surface area contributed by atoms with Gasteiger partial charge in [0.1, 0.15) is 0 Å². The molecule has 1 aromatic carbocycles. The number of hydrogen-bond donors (Lipinski definition) is 0. The highest BCUT2D eigenvalue weighted by Gasteiger charge is 2.26. The Morgan fingerprint density at radius 3 is 2.67 bits per heavy atom. The Balaban J connectivity index is 2.78. The molecule has 0 aliphatic heterocycles. The Labute approximate surface area is 114 Å². The van der Waals surface area contributed by atoms with Crippen LogP contribution in [0.15, 0.2) is 30.3 Å². The summed E-state index contributed by atoms with van der Waals surface area (Å²) in [6.45, 7) is 1.63. The molecule has 4 heteroatoms. The molecule has 98 valence electrons. The fourth-order valence-electron chi connectivity index (χ4n) is 1.42. The van der Waals surface area contributed by atoms with Gasteiger partial charge < -0.3 is 4.52 Å². The van der Waals surface area contributed by atoms with Crippen molar-refractivity contribution in [3.05, 3.63) is 35.9 Å². The van der Waals surface area contributed by atoms with Crippen LogP contribution in [0.1, 0.15) is 25.8 Å². The molecular formula is C14H19O2PS. The molecule has 0 aromatic heterocycles. The molecule has 0 saturated carbocycles. The third kappa shape index (κ3) is 5.31. The maximum Gasteiger partial charge on any atom is 0.263 e. The van der Waals surface area contributed by atoms with Gasteiger partial charge in [0.2, 0.25) is 0 Å². The third-order valence-electron chi connectivity index (χ3n) is 2.26. The lowest BCUT2D eigenvalue weighted by atomic mass is 10.2. The van der Waals surface area contributed by atoms with E-state index in [1.807, 2.05) is 44.2 Å². The van der Waals surface area contributed by atoms with Crippen molar-refractivity contribution in [2.75, 3.05) is 6.61 Å². The van der Waals surface area contributed by atoms with Crippen LogP contribution in [0.25, 0.3) is 0 Å². The minimum Gasteiger partial charge on any atom is -0.321 e. The van der Waals surface area contributed by atoms with E-state index < -0.39 is 6.57 Å². The number of hydrogen-bond acceptors (Lipinski definition) is 3. The summed E-state index contributed by atoms with van der Waals surface area (Å²) in [6, 6.07) is 9.74. The molecule has 0 N–H and O–H groups in total. The second-order valence-corrected chi connectivity index (χ2v) is 9.02. The minimum absolute atomic E-state index is 0.101. The van der Waals surface area contributed by atoms with E-state index in [4.69, 9.17) is 10.9 Å². The molecule has 18 heavy (non-hydrogen) atoms. The number of terminal acetylenes is 1. The molecule has 1 aromatic rings. The van der Waals surface area contributed by atoms with Crippen molar-refractivity contribution in [1.29, 1.82) is 0 Å². The standard InChI is InChI=1S/C14H19O2PS/c1-4-11-16-17(15,18-13(3)5-2)12-14-9-7-6-8-10-14/h2,6-10,13H,4,11-12H2,1,3H3. The predicted octanol–water partition coefficient (Wildman–Crippen LogP) is 4.56. The Hall–Kier alpha value is -0.680. The molecular weight excluding hydrogens is 263 g/mol. The van der Waals surface area contributed by atoms with E-state index in [0.29, 0.717) is 12.8 Å². The average Bonchev–Trinajstić information content (AvgIpc) is 2.37. The summed E-state index contributed by atoms with van der Waals surface area (Å²) in [5.74, 6) is 2.59. The molecule has 0 spiro atoms. The average molecular weight is 282 g/mol. The topological polar surface area (TPSA) is 26.3 Å². The minimum atomic E-state index is -2.76. The van der Waals surface area contributed by atoms with Crippen LogP contribution in [0.3, 0.4) is 0 Å². The lowest BCUT2D eigenvalue weighted by molar-refractivity contribution is 0.324. The van der Waals surface area contributed by atoms with Gasteiger partial charge in [-0.25, -0.2) is 0 Å². The van der Waals surface area contributed by atoms with Gasteiger partial charge in [-0.05, 0) is 18.9 Å². The van der Waals surface area contributed by atoms with Crippen LogP contribution < -0.4 is 0 Å². The van der Waals surface area contributed by atoms with Gasteiger partial charge in [-0.1, -0.05) is 54.6 Å². The summed E-state index contributed by atoms with van der Waals surface area (Å²) < 4.78 is 18.3. The molecule has 0 bridgehead atoms. The predicted molar refractivity (Wildman–Crippen MR) is 79.9 cm³/mol. The van der Waals surface area contributed by atoms with Crippen LogP contribution in [-0.2, 0) is 15.3 Å². The summed E-state index contributed by atoms with van der Waals surface area (Å²) in [5.41, 5.74) is 1.02. The van der Waals surface area contributed by atoms with E-state index in [2.05, 4.69) is 5.92 Å². The zero-order chi connectivity index (χ0) is 13.4. The monoisotopic (exact) mass is 282 g/mol. The van der Waals surface area contributed by atoms with Crippen LogP contribution >= 0.6 is 18.0 Å². The summed E-state index contributed by atoms with van der Waals surface area (Å²) in [7, 11) is 0. The van der Waals surface area contributed by atoms with Crippen molar-refractivity contribution in [2.45, 2.75) is 31.7 Å². The molecule has 0 amide bonds.